The standard InChI is InChI=1S/C14H18O8/c1-5-11(17)20-8-14(4,22-13(19)9(2)3)21-12(18)7-6-10(15)16/h5H,1-2,6-8H2,3-4H3,(H,15,16). The number of aliphatic carboxylic acids is 1. The van der Waals surface area contributed by atoms with E-state index in [0.29, 0.717) is 0 Å². The summed E-state index contributed by atoms with van der Waals surface area (Å²) >= 11 is 0. The Morgan fingerprint density at radius 2 is 1.77 bits per heavy atom. The van der Waals surface area contributed by atoms with E-state index in [1.165, 1.54) is 13.8 Å². The quantitative estimate of drug-likeness (QED) is 0.380. The van der Waals surface area contributed by atoms with Crippen molar-refractivity contribution in [2.75, 3.05) is 6.61 Å². The summed E-state index contributed by atoms with van der Waals surface area (Å²) in [4.78, 5) is 44.6. The smallest absolute Gasteiger partial charge is 0.336 e. The molecule has 0 rings (SSSR count). The molecule has 0 heterocycles. The Hall–Kier alpha value is -2.64. The normalized spacial score (nSPS) is 12.5. The van der Waals surface area contributed by atoms with Crippen LogP contribution in [-0.2, 0) is 33.4 Å². The zero-order valence-electron chi connectivity index (χ0n) is 12.4. The summed E-state index contributed by atoms with van der Waals surface area (Å²) in [5.41, 5.74) is 0.0443. The lowest BCUT2D eigenvalue weighted by Gasteiger charge is -2.28. The van der Waals surface area contributed by atoms with Crippen molar-refractivity contribution in [1.29, 1.82) is 0 Å². The molecule has 0 saturated heterocycles. The van der Waals surface area contributed by atoms with Gasteiger partial charge < -0.3 is 19.3 Å². The summed E-state index contributed by atoms with van der Waals surface area (Å²) < 4.78 is 14.5. The second-order valence-electron chi connectivity index (χ2n) is 4.48. The Bertz CT molecular complexity index is 493. The Kier molecular flexibility index (Phi) is 7.57. The highest BCUT2D eigenvalue weighted by atomic mass is 16.7. The lowest BCUT2D eigenvalue weighted by molar-refractivity contribution is -0.234. The van der Waals surface area contributed by atoms with Crippen LogP contribution in [0.1, 0.15) is 26.7 Å². The molecule has 0 aliphatic rings. The topological polar surface area (TPSA) is 116 Å². The fourth-order valence-electron chi connectivity index (χ4n) is 1.12. The number of ether oxygens (including phenoxy) is 3. The van der Waals surface area contributed by atoms with Crippen molar-refractivity contribution in [1.82, 2.24) is 0 Å². The first-order chi connectivity index (χ1) is 10.1. The van der Waals surface area contributed by atoms with Crippen LogP contribution in [0.3, 0.4) is 0 Å². The molecule has 1 unspecified atom stereocenters. The summed E-state index contributed by atoms with van der Waals surface area (Å²) in [5.74, 6) is -5.67. The van der Waals surface area contributed by atoms with E-state index in [1.54, 1.807) is 0 Å². The van der Waals surface area contributed by atoms with Crippen LogP contribution in [0.5, 0.6) is 0 Å². The van der Waals surface area contributed by atoms with Crippen molar-refractivity contribution in [3.63, 3.8) is 0 Å². The van der Waals surface area contributed by atoms with Crippen LogP contribution in [0.2, 0.25) is 0 Å². The minimum absolute atomic E-state index is 0.0443. The highest BCUT2D eigenvalue weighted by Gasteiger charge is 2.35. The predicted octanol–water partition coefficient (Wildman–Crippen LogP) is 0.959. The van der Waals surface area contributed by atoms with Gasteiger partial charge in [-0.05, 0) is 6.92 Å². The fourth-order valence-corrected chi connectivity index (χ4v) is 1.12. The average molecular weight is 314 g/mol. The van der Waals surface area contributed by atoms with Crippen LogP contribution < -0.4 is 0 Å². The summed E-state index contributed by atoms with van der Waals surface area (Å²) in [7, 11) is 0. The molecule has 0 spiro atoms. The van der Waals surface area contributed by atoms with E-state index in [1.807, 2.05) is 0 Å². The largest absolute Gasteiger partial charge is 0.481 e. The Morgan fingerprint density at radius 3 is 2.23 bits per heavy atom. The van der Waals surface area contributed by atoms with Gasteiger partial charge in [-0.2, -0.15) is 0 Å². The molecule has 0 aliphatic carbocycles. The first-order valence-corrected chi connectivity index (χ1v) is 6.21. The van der Waals surface area contributed by atoms with Crippen LogP contribution in [0, 0.1) is 0 Å². The second kappa shape index (κ2) is 8.60. The van der Waals surface area contributed by atoms with E-state index in [4.69, 9.17) is 19.3 Å². The van der Waals surface area contributed by atoms with Crippen molar-refractivity contribution in [2.45, 2.75) is 32.5 Å². The number of carbonyl (C=O) groups is 4. The molecule has 0 aromatic carbocycles. The van der Waals surface area contributed by atoms with E-state index in [2.05, 4.69) is 13.2 Å². The van der Waals surface area contributed by atoms with Gasteiger partial charge in [0.05, 0.1) is 12.8 Å². The molecule has 0 bridgehead atoms. The van der Waals surface area contributed by atoms with Crippen LogP contribution >= 0.6 is 0 Å². The van der Waals surface area contributed by atoms with E-state index in [0.717, 1.165) is 6.08 Å². The van der Waals surface area contributed by atoms with Gasteiger partial charge >= 0.3 is 23.9 Å². The molecule has 22 heavy (non-hydrogen) atoms. The van der Waals surface area contributed by atoms with Gasteiger partial charge in [-0.15, -0.1) is 0 Å². The Balaban J connectivity index is 4.89. The third-order valence-corrected chi connectivity index (χ3v) is 2.17. The molecule has 8 heteroatoms. The maximum Gasteiger partial charge on any atom is 0.336 e. The maximum atomic E-state index is 11.6. The van der Waals surface area contributed by atoms with Gasteiger partial charge in [0.25, 0.3) is 5.79 Å². The van der Waals surface area contributed by atoms with Crippen molar-refractivity contribution < 1.29 is 38.5 Å². The van der Waals surface area contributed by atoms with Crippen molar-refractivity contribution >= 4 is 23.9 Å². The zero-order chi connectivity index (χ0) is 17.3. The molecule has 1 N–H and O–H groups in total. The number of carboxylic acids is 1. The molecule has 0 aromatic heterocycles. The SMILES string of the molecule is C=CC(=O)OCC(C)(OC(=O)CCC(=O)O)OC(=O)C(=C)C. The first-order valence-electron chi connectivity index (χ1n) is 6.21. The molecule has 0 aromatic rings. The van der Waals surface area contributed by atoms with Gasteiger partial charge in [-0.3, -0.25) is 9.59 Å². The molecule has 8 nitrogen and oxygen atoms in total. The van der Waals surface area contributed by atoms with Gasteiger partial charge in [-0.25, -0.2) is 9.59 Å². The first kappa shape index (κ1) is 19.4. The molecule has 0 amide bonds. The molecule has 0 saturated carbocycles. The number of hydrogen-bond acceptors (Lipinski definition) is 7. The number of hydrogen-bond donors (Lipinski definition) is 1. The van der Waals surface area contributed by atoms with Crippen LogP contribution in [0.25, 0.3) is 0 Å². The molecular weight excluding hydrogens is 296 g/mol. The highest BCUT2D eigenvalue weighted by Crippen LogP contribution is 2.17. The Morgan fingerprint density at radius 1 is 1.18 bits per heavy atom. The lowest BCUT2D eigenvalue weighted by Crippen LogP contribution is -2.42. The van der Waals surface area contributed by atoms with Gasteiger partial charge in [0.2, 0.25) is 0 Å². The number of esters is 3. The van der Waals surface area contributed by atoms with Crippen molar-refractivity contribution in [2.24, 2.45) is 0 Å². The lowest BCUT2D eigenvalue weighted by atomic mass is 10.3. The number of carbonyl (C=O) groups excluding carboxylic acids is 3. The number of rotatable bonds is 9. The third kappa shape index (κ3) is 7.83. The van der Waals surface area contributed by atoms with Gasteiger partial charge in [-0.1, -0.05) is 13.2 Å². The minimum atomic E-state index is -1.90. The van der Waals surface area contributed by atoms with Crippen LogP contribution in [-0.4, -0.2) is 41.4 Å². The van der Waals surface area contributed by atoms with E-state index < -0.39 is 49.1 Å². The fraction of sp³-hybridized carbons (Fsp3) is 0.429. The maximum absolute atomic E-state index is 11.6. The van der Waals surface area contributed by atoms with E-state index in [-0.39, 0.29) is 5.57 Å². The molecule has 122 valence electrons. The zero-order valence-corrected chi connectivity index (χ0v) is 12.4. The van der Waals surface area contributed by atoms with Crippen LogP contribution in [0.4, 0.5) is 0 Å². The average Bonchev–Trinajstić information content (AvgIpc) is 2.42. The third-order valence-electron chi connectivity index (χ3n) is 2.17. The summed E-state index contributed by atoms with van der Waals surface area (Å²) in [6.45, 7) is 8.57. The Labute approximate surface area is 127 Å². The van der Waals surface area contributed by atoms with E-state index >= 15 is 0 Å². The molecule has 1 atom stereocenters. The van der Waals surface area contributed by atoms with Crippen LogP contribution in [0.15, 0.2) is 24.8 Å². The van der Waals surface area contributed by atoms with Gasteiger partial charge in [0.1, 0.15) is 0 Å². The van der Waals surface area contributed by atoms with Gasteiger partial charge in [0, 0.05) is 18.6 Å². The number of carboxylic acid groups (broad SMARTS) is 1. The molecule has 0 fully saturated rings. The summed E-state index contributed by atoms with van der Waals surface area (Å²) in [6, 6.07) is 0. The molecule has 0 aliphatic heterocycles. The minimum Gasteiger partial charge on any atom is -0.481 e. The van der Waals surface area contributed by atoms with Gasteiger partial charge in [0.15, 0.2) is 6.61 Å². The second-order valence-corrected chi connectivity index (χ2v) is 4.48. The monoisotopic (exact) mass is 314 g/mol. The highest BCUT2D eigenvalue weighted by molar-refractivity contribution is 5.87. The summed E-state index contributed by atoms with van der Waals surface area (Å²) in [6.07, 6.45) is 0.00792. The summed E-state index contributed by atoms with van der Waals surface area (Å²) in [5, 5.41) is 8.50. The molecule has 0 radical (unpaired) electrons. The van der Waals surface area contributed by atoms with Crippen molar-refractivity contribution in [3.8, 4) is 0 Å². The predicted molar refractivity (Wildman–Crippen MR) is 73.4 cm³/mol. The van der Waals surface area contributed by atoms with E-state index in [9.17, 15) is 19.2 Å². The van der Waals surface area contributed by atoms with Crippen molar-refractivity contribution in [3.05, 3.63) is 24.8 Å². The molecular formula is C14H18O8.